The highest BCUT2D eigenvalue weighted by Gasteiger charge is 2.37. The highest BCUT2D eigenvalue weighted by molar-refractivity contribution is 7.10. The molecular formula is C19H21NO5S. The molecule has 6 nitrogen and oxygen atoms in total. The summed E-state index contributed by atoms with van der Waals surface area (Å²) in [5.41, 5.74) is 0.850. The van der Waals surface area contributed by atoms with Crippen LogP contribution in [0, 0.1) is 0 Å². The lowest BCUT2D eigenvalue weighted by Crippen LogP contribution is -2.45. The van der Waals surface area contributed by atoms with Gasteiger partial charge in [-0.2, -0.15) is 0 Å². The van der Waals surface area contributed by atoms with Gasteiger partial charge in [-0.15, -0.1) is 11.3 Å². The molecule has 7 heteroatoms. The summed E-state index contributed by atoms with van der Waals surface area (Å²) < 4.78 is 15.9. The fraction of sp³-hybridized carbons (Fsp3) is 0.368. The first-order valence-corrected chi connectivity index (χ1v) is 9.31. The van der Waals surface area contributed by atoms with Crippen LogP contribution in [-0.4, -0.2) is 43.6 Å². The van der Waals surface area contributed by atoms with Crippen LogP contribution in [0.25, 0.3) is 0 Å². The van der Waals surface area contributed by atoms with E-state index in [0.717, 1.165) is 22.6 Å². The number of benzene rings is 1. The van der Waals surface area contributed by atoms with Crippen molar-refractivity contribution < 1.29 is 23.8 Å². The van der Waals surface area contributed by atoms with Gasteiger partial charge in [0.1, 0.15) is 11.5 Å². The number of methoxy groups -OCH3 is 1. The average Bonchev–Trinajstić information content (AvgIpc) is 3.14. The molecule has 1 amide bonds. The van der Waals surface area contributed by atoms with Gasteiger partial charge in [-0.05, 0) is 54.6 Å². The van der Waals surface area contributed by atoms with E-state index in [2.05, 4.69) is 0 Å². The Morgan fingerprint density at radius 2 is 1.85 bits per heavy atom. The molecule has 0 saturated carbocycles. The Hall–Kier alpha value is -2.54. The van der Waals surface area contributed by atoms with E-state index in [1.807, 2.05) is 18.4 Å². The van der Waals surface area contributed by atoms with Crippen LogP contribution in [0.5, 0.6) is 11.5 Å². The van der Waals surface area contributed by atoms with Gasteiger partial charge in [-0.3, -0.25) is 4.79 Å². The summed E-state index contributed by atoms with van der Waals surface area (Å²) in [7, 11) is 1.34. The van der Waals surface area contributed by atoms with Gasteiger partial charge >= 0.3 is 5.97 Å². The standard InChI is InChI=1S/C19H21NO5S/c1-3-24-13-4-6-14(7-5-13)25-12-17(21)20-10-8-16-15(9-11-26-16)18(20)19(22)23-2/h4-7,9,11,18H,3,8,10,12H2,1-2H3. The third-order valence-corrected chi connectivity index (χ3v) is 5.20. The Labute approximate surface area is 156 Å². The van der Waals surface area contributed by atoms with E-state index in [0.29, 0.717) is 18.9 Å². The number of rotatable bonds is 6. The molecule has 2 heterocycles. The number of ether oxygens (including phenoxy) is 3. The summed E-state index contributed by atoms with van der Waals surface area (Å²) in [6.45, 7) is 2.84. The molecule has 0 N–H and O–H groups in total. The number of nitrogens with zero attached hydrogens (tertiary/aromatic N) is 1. The Bertz CT molecular complexity index is 770. The summed E-state index contributed by atoms with van der Waals surface area (Å²) in [4.78, 5) is 27.6. The van der Waals surface area contributed by atoms with Gasteiger partial charge in [0.15, 0.2) is 12.6 Å². The van der Waals surface area contributed by atoms with Crippen molar-refractivity contribution in [1.82, 2.24) is 4.90 Å². The van der Waals surface area contributed by atoms with Crippen LogP contribution in [0.15, 0.2) is 35.7 Å². The zero-order chi connectivity index (χ0) is 18.5. The van der Waals surface area contributed by atoms with Crippen molar-refractivity contribution >= 4 is 23.2 Å². The molecule has 2 aromatic rings. The molecule has 1 aliphatic rings. The number of amides is 1. The minimum Gasteiger partial charge on any atom is -0.494 e. The number of carbonyl (C=O) groups excluding carboxylic acids is 2. The number of esters is 1. The third-order valence-electron chi connectivity index (χ3n) is 4.21. The summed E-state index contributed by atoms with van der Waals surface area (Å²) in [5, 5.41) is 1.94. The molecular weight excluding hydrogens is 354 g/mol. The second kappa shape index (κ2) is 8.23. The van der Waals surface area contributed by atoms with Gasteiger partial charge in [0.25, 0.3) is 5.91 Å². The van der Waals surface area contributed by atoms with Crippen LogP contribution in [0.4, 0.5) is 0 Å². The quantitative estimate of drug-likeness (QED) is 0.727. The van der Waals surface area contributed by atoms with E-state index >= 15 is 0 Å². The van der Waals surface area contributed by atoms with Crippen molar-refractivity contribution in [3.05, 3.63) is 46.2 Å². The topological polar surface area (TPSA) is 65.1 Å². The molecule has 0 saturated heterocycles. The first-order chi connectivity index (χ1) is 12.6. The molecule has 138 valence electrons. The predicted octanol–water partition coefficient (Wildman–Crippen LogP) is 2.82. The van der Waals surface area contributed by atoms with Gasteiger partial charge in [-0.1, -0.05) is 0 Å². The predicted molar refractivity (Wildman–Crippen MR) is 97.6 cm³/mol. The lowest BCUT2D eigenvalue weighted by molar-refractivity contribution is -0.154. The van der Waals surface area contributed by atoms with Crippen LogP contribution >= 0.6 is 11.3 Å². The molecule has 1 unspecified atom stereocenters. The van der Waals surface area contributed by atoms with E-state index in [4.69, 9.17) is 14.2 Å². The zero-order valence-corrected chi connectivity index (χ0v) is 15.6. The molecule has 0 spiro atoms. The van der Waals surface area contributed by atoms with Crippen molar-refractivity contribution in [2.45, 2.75) is 19.4 Å². The van der Waals surface area contributed by atoms with E-state index in [-0.39, 0.29) is 12.5 Å². The minimum absolute atomic E-state index is 0.138. The number of hydrogen-bond donors (Lipinski definition) is 0. The SMILES string of the molecule is CCOc1ccc(OCC(=O)N2CCc3sccc3C2C(=O)OC)cc1. The lowest BCUT2D eigenvalue weighted by Gasteiger charge is -2.33. The van der Waals surface area contributed by atoms with E-state index in [1.165, 1.54) is 12.0 Å². The summed E-state index contributed by atoms with van der Waals surface area (Å²) in [6, 6.07) is 8.27. The van der Waals surface area contributed by atoms with Crippen LogP contribution < -0.4 is 9.47 Å². The molecule has 0 fully saturated rings. The smallest absolute Gasteiger partial charge is 0.333 e. The average molecular weight is 375 g/mol. The second-order valence-corrected chi connectivity index (χ2v) is 6.76. The van der Waals surface area contributed by atoms with Crippen molar-refractivity contribution in [3.8, 4) is 11.5 Å². The van der Waals surface area contributed by atoms with E-state index < -0.39 is 12.0 Å². The molecule has 0 radical (unpaired) electrons. The highest BCUT2D eigenvalue weighted by Crippen LogP contribution is 2.34. The van der Waals surface area contributed by atoms with Crippen LogP contribution in [-0.2, 0) is 20.7 Å². The van der Waals surface area contributed by atoms with Crippen molar-refractivity contribution in [1.29, 1.82) is 0 Å². The zero-order valence-electron chi connectivity index (χ0n) is 14.8. The molecule has 0 bridgehead atoms. The van der Waals surface area contributed by atoms with Crippen LogP contribution in [0.2, 0.25) is 0 Å². The van der Waals surface area contributed by atoms with Gasteiger partial charge in [-0.25, -0.2) is 4.79 Å². The third kappa shape index (κ3) is 3.83. The second-order valence-electron chi connectivity index (χ2n) is 5.76. The Morgan fingerprint density at radius 1 is 1.15 bits per heavy atom. The minimum atomic E-state index is -0.702. The van der Waals surface area contributed by atoms with Gasteiger partial charge in [0.05, 0.1) is 13.7 Å². The maximum absolute atomic E-state index is 12.7. The number of fused-ring (bicyclic) bond motifs is 1. The molecule has 0 aliphatic carbocycles. The van der Waals surface area contributed by atoms with Gasteiger partial charge < -0.3 is 19.1 Å². The van der Waals surface area contributed by atoms with E-state index in [1.54, 1.807) is 35.6 Å². The Balaban J connectivity index is 1.67. The fourth-order valence-electron chi connectivity index (χ4n) is 2.98. The van der Waals surface area contributed by atoms with Gasteiger partial charge in [0.2, 0.25) is 0 Å². The molecule has 1 aromatic carbocycles. The Kier molecular flexibility index (Phi) is 5.78. The first-order valence-electron chi connectivity index (χ1n) is 8.43. The summed E-state index contributed by atoms with van der Waals surface area (Å²) in [5.74, 6) is 0.646. The maximum Gasteiger partial charge on any atom is 0.333 e. The van der Waals surface area contributed by atoms with Crippen LogP contribution in [0.1, 0.15) is 23.4 Å². The number of hydrogen-bond acceptors (Lipinski definition) is 6. The Morgan fingerprint density at radius 3 is 2.50 bits per heavy atom. The molecule has 1 aliphatic heterocycles. The number of carbonyl (C=O) groups is 2. The molecule has 26 heavy (non-hydrogen) atoms. The van der Waals surface area contributed by atoms with E-state index in [9.17, 15) is 9.59 Å². The van der Waals surface area contributed by atoms with Crippen molar-refractivity contribution in [3.63, 3.8) is 0 Å². The van der Waals surface area contributed by atoms with Crippen LogP contribution in [0.3, 0.4) is 0 Å². The van der Waals surface area contributed by atoms with Crippen molar-refractivity contribution in [2.75, 3.05) is 26.9 Å². The fourth-order valence-corrected chi connectivity index (χ4v) is 3.88. The summed E-state index contributed by atoms with van der Waals surface area (Å²) in [6.07, 6.45) is 0.731. The molecule has 1 aromatic heterocycles. The largest absolute Gasteiger partial charge is 0.494 e. The summed E-state index contributed by atoms with van der Waals surface area (Å²) >= 11 is 1.60. The monoisotopic (exact) mass is 375 g/mol. The maximum atomic E-state index is 12.7. The highest BCUT2D eigenvalue weighted by atomic mass is 32.1. The first kappa shape index (κ1) is 18.3. The van der Waals surface area contributed by atoms with Gasteiger partial charge in [0, 0.05) is 11.4 Å². The molecule has 1 atom stereocenters. The lowest BCUT2D eigenvalue weighted by atomic mass is 10.00. The van der Waals surface area contributed by atoms with Crippen molar-refractivity contribution in [2.24, 2.45) is 0 Å². The number of thiophene rings is 1. The normalized spacial score (nSPS) is 15.9. The molecule has 3 rings (SSSR count).